The van der Waals surface area contributed by atoms with Gasteiger partial charge in [-0.2, -0.15) is 0 Å². The van der Waals surface area contributed by atoms with E-state index in [1.165, 1.54) is 64.2 Å². The van der Waals surface area contributed by atoms with Gasteiger partial charge in [0.15, 0.2) is 0 Å². The number of rotatable bonds is 17. The van der Waals surface area contributed by atoms with Crippen molar-refractivity contribution in [2.24, 2.45) is 5.92 Å². The first-order chi connectivity index (χ1) is 12.0. The van der Waals surface area contributed by atoms with Gasteiger partial charge in [0.2, 0.25) is 0 Å². The van der Waals surface area contributed by atoms with Gasteiger partial charge >= 0.3 is 11.9 Å². The average molecular weight is 357 g/mol. The molecule has 1 atom stereocenters. The number of carboxylic acids is 1. The van der Waals surface area contributed by atoms with Gasteiger partial charge < -0.3 is 9.84 Å². The lowest BCUT2D eigenvalue weighted by Gasteiger charge is -2.16. The van der Waals surface area contributed by atoms with E-state index >= 15 is 0 Å². The molecule has 0 bridgehead atoms. The number of aliphatic carboxylic acids is 1. The van der Waals surface area contributed by atoms with E-state index in [0.717, 1.165) is 12.8 Å². The number of hydrogen-bond acceptors (Lipinski definition) is 3. The summed E-state index contributed by atoms with van der Waals surface area (Å²) in [6, 6.07) is 0. The first-order valence-electron chi connectivity index (χ1n) is 10.4. The molecule has 0 rings (SSSR count). The van der Waals surface area contributed by atoms with Crippen LogP contribution in [-0.4, -0.2) is 23.1 Å². The van der Waals surface area contributed by atoms with E-state index in [-0.39, 0.29) is 18.5 Å². The minimum atomic E-state index is -0.926. The van der Waals surface area contributed by atoms with Crippen molar-refractivity contribution in [1.29, 1.82) is 0 Å². The summed E-state index contributed by atoms with van der Waals surface area (Å²) >= 11 is 0. The van der Waals surface area contributed by atoms with Crippen LogP contribution in [0, 0.1) is 5.92 Å². The highest BCUT2D eigenvalue weighted by Gasteiger charge is 2.23. The number of unbranched alkanes of at least 4 members (excludes halogenated alkanes) is 11. The fraction of sp³-hybridized carbons (Fsp3) is 0.905. The van der Waals surface area contributed by atoms with Crippen LogP contribution in [0.2, 0.25) is 0 Å². The van der Waals surface area contributed by atoms with Crippen molar-refractivity contribution in [3.63, 3.8) is 0 Å². The second-order valence-corrected chi connectivity index (χ2v) is 7.46. The molecule has 0 aliphatic heterocycles. The van der Waals surface area contributed by atoms with Crippen molar-refractivity contribution < 1.29 is 19.4 Å². The standard InChI is InChI=1S/C21H40O4/c1-4-5-6-7-8-9-10-11-12-13-14-15-16-19(17-20(22)23)21(24)25-18(2)3/h18-19H,4-17H2,1-3H3,(H,22,23). The second kappa shape index (κ2) is 16.4. The fourth-order valence-corrected chi connectivity index (χ4v) is 3.07. The maximum Gasteiger partial charge on any atom is 0.309 e. The number of carbonyl (C=O) groups is 2. The highest BCUT2D eigenvalue weighted by molar-refractivity contribution is 5.79. The first kappa shape index (κ1) is 23.9. The monoisotopic (exact) mass is 356 g/mol. The van der Waals surface area contributed by atoms with E-state index in [1.54, 1.807) is 13.8 Å². The molecule has 4 heteroatoms. The molecule has 0 radical (unpaired) electrons. The van der Waals surface area contributed by atoms with Crippen LogP contribution in [0.25, 0.3) is 0 Å². The number of carboxylic acid groups (broad SMARTS) is 1. The van der Waals surface area contributed by atoms with Gasteiger partial charge in [0.1, 0.15) is 0 Å². The van der Waals surface area contributed by atoms with Gasteiger partial charge in [0.05, 0.1) is 18.4 Å². The molecule has 4 nitrogen and oxygen atoms in total. The van der Waals surface area contributed by atoms with Crippen LogP contribution in [0.1, 0.15) is 111 Å². The van der Waals surface area contributed by atoms with Gasteiger partial charge in [-0.3, -0.25) is 9.59 Å². The molecule has 1 unspecified atom stereocenters. The molecule has 0 aromatic heterocycles. The maximum absolute atomic E-state index is 11.9. The number of hydrogen-bond donors (Lipinski definition) is 1. The largest absolute Gasteiger partial charge is 0.481 e. The molecule has 0 aliphatic carbocycles. The smallest absolute Gasteiger partial charge is 0.309 e. The number of esters is 1. The van der Waals surface area contributed by atoms with E-state index in [1.807, 2.05) is 0 Å². The lowest BCUT2D eigenvalue weighted by Crippen LogP contribution is -2.23. The van der Waals surface area contributed by atoms with Crippen molar-refractivity contribution in [3.8, 4) is 0 Å². The minimum Gasteiger partial charge on any atom is -0.481 e. The zero-order valence-corrected chi connectivity index (χ0v) is 16.7. The van der Waals surface area contributed by atoms with Crippen molar-refractivity contribution in [2.75, 3.05) is 0 Å². The molecule has 0 aromatic carbocycles. The highest BCUT2D eigenvalue weighted by Crippen LogP contribution is 2.18. The summed E-state index contributed by atoms with van der Waals surface area (Å²) in [5.74, 6) is -1.78. The van der Waals surface area contributed by atoms with Crippen LogP contribution in [-0.2, 0) is 14.3 Å². The van der Waals surface area contributed by atoms with Crippen LogP contribution < -0.4 is 0 Å². The van der Waals surface area contributed by atoms with Crippen LogP contribution in [0.15, 0.2) is 0 Å². The quantitative estimate of drug-likeness (QED) is 0.252. The van der Waals surface area contributed by atoms with Crippen molar-refractivity contribution in [3.05, 3.63) is 0 Å². The van der Waals surface area contributed by atoms with Gasteiger partial charge in [-0.05, 0) is 20.3 Å². The lowest BCUT2D eigenvalue weighted by molar-refractivity contribution is -0.156. The van der Waals surface area contributed by atoms with Crippen LogP contribution in [0.4, 0.5) is 0 Å². The summed E-state index contributed by atoms with van der Waals surface area (Å²) in [7, 11) is 0. The Bertz CT molecular complexity index is 339. The van der Waals surface area contributed by atoms with Gasteiger partial charge in [-0.15, -0.1) is 0 Å². The number of ether oxygens (including phenoxy) is 1. The van der Waals surface area contributed by atoms with Gasteiger partial charge in [-0.1, -0.05) is 84.0 Å². The lowest BCUT2D eigenvalue weighted by atomic mass is 9.97. The molecule has 0 heterocycles. The Labute approximate surface area is 154 Å². The van der Waals surface area contributed by atoms with E-state index < -0.39 is 11.9 Å². The first-order valence-corrected chi connectivity index (χ1v) is 10.4. The van der Waals surface area contributed by atoms with Gasteiger partial charge in [-0.25, -0.2) is 0 Å². The summed E-state index contributed by atoms with van der Waals surface area (Å²) in [4.78, 5) is 22.8. The zero-order valence-electron chi connectivity index (χ0n) is 16.7. The molecular weight excluding hydrogens is 316 g/mol. The van der Waals surface area contributed by atoms with E-state index in [9.17, 15) is 9.59 Å². The minimum absolute atomic E-state index is 0.121. The Morgan fingerprint density at radius 2 is 1.24 bits per heavy atom. The molecule has 0 fully saturated rings. The van der Waals surface area contributed by atoms with Gasteiger partial charge in [0, 0.05) is 0 Å². The van der Waals surface area contributed by atoms with Crippen molar-refractivity contribution in [1.82, 2.24) is 0 Å². The third-order valence-electron chi connectivity index (χ3n) is 4.51. The predicted molar refractivity (Wildman–Crippen MR) is 103 cm³/mol. The molecule has 0 aliphatic rings. The Morgan fingerprint density at radius 1 is 0.800 bits per heavy atom. The Hall–Kier alpha value is -1.06. The molecule has 1 N–H and O–H groups in total. The van der Waals surface area contributed by atoms with Crippen LogP contribution in [0.3, 0.4) is 0 Å². The van der Waals surface area contributed by atoms with E-state index in [0.29, 0.717) is 6.42 Å². The van der Waals surface area contributed by atoms with Crippen molar-refractivity contribution in [2.45, 2.75) is 117 Å². The summed E-state index contributed by atoms with van der Waals surface area (Å²) in [5, 5.41) is 8.95. The molecule has 25 heavy (non-hydrogen) atoms. The molecule has 0 aromatic rings. The highest BCUT2D eigenvalue weighted by atomic mass is 16.5. The van der Waals surface area contributed by atoms with Crippen LogP contribution >= 0.6 is 0 Å². The molecule has 0 saturated carbocycles. The Balaban J connectivity index is 3.64. The SMILES string of the molecule is CCCCCCCCCCCCCCC(CC(=O)O)C(=O)OC(C)C. The van der Waals surface area contributed by atoms with Crippen LogP contribution in [0.5, 0.6) is 0 Å². The summed E-state index contributed by atoms with van der Waals surface area (Å²) in [6.07, 6.45) is 15.5. The van der Waals surface area contributed by atoms with Crippen molar-refractivity contribution >= 4 is 11.9 Å². The molecule has 0 saturated heterocycles. The second-order valence-electron chi connectivity index (χ2n) is 7.46. The Morgan fingerprint density at radius 3 is 1.64 bits per heavy atom. The predicted octanol–water partition coefficient (Wildman–Crippen LogP) is 6.12. The number of carbonyl (C=O) groups excluding carboxylic acids is 1. The molecular formula is C21H40O4. The third kappa shape index (κ3) is 16.2. The van der Waals surface area contributed by atoms with Gasteiger partial charge in [0.25, 0.3) is 0 Å². The average Bonchev–Trinajstić information content (AvgIpc) is 2.53. The van der Waals surface area contributed by atoms with E-state index in [2.05, 4.69) is 6.92 Å². The zero-order chi connectivity index (χ0) is 18.9. The fourth-order valence-electron chi connectivity index (χ4n) is 3.07. The Kier molecular flexibility index (Phi) is 15.7. The van der Waals surface area contributed by atoms with E-state index in [4.69, 9.17) is 9.84 Å². The maximum atomic E-state index is 11.9. The third-order valence-corrected chi connectivity index (χ3v) is 4.51. The summed E-state index contributed by atoms with van der Waals surface area (Å²) < 4.78 is 5.17. The molecule has 148 valence electrons. The topological polar surface area (TPSA) is 63.6 Å². The molecule has 0 spiro atoms. The normalized spacial score (nSPS) is 12.3. The summed E-state index contributed by atoms with van der Waals surface area (Å²) in [6.45, 7) is 5.83. The summed E-state index contributed by atoms with van der Waals surface area (Å²) in [5.41, 5.74) is 0. The molecule has 0 amide bonds.